The van der Waals surface area contributed by atoms with Crippen LogP contribution >= 0.6 is 15.9 Å². The number of aromatic nitrogens is 2. The average Bonchev–Trinajstić information content (AvgIpc) is 2.74. The zero-order valence-electron chi connectivity index (χ0n) is 15.9. The van der Waals surface area contributed by atoms with Gasteiger partial charge in [0.15, 0.2) is 6.61 Å². The third-order valence-corrected chi connectivity index (χ3v) is 5.47. The maximum Gasteiger partial charge on any atom is 0.260 e. The summed E-state index contributed by atoms with van der Waals surface area (Å²) in [4.78, 5) is 25.6. The normalized spacial score (nSPS) is 14.9. The quantitative estimate of drug-likeness (QED) is 0.636. The molecule has 2 aromatic carbocycles. The van der Waals surface area contributed by atoms with Crippen molar-refractivity contribution in [2.75, 3.05) is 38.5 Å². The molecule has 0 bridgehead atoms. The molecule has 2 N–H and O–H groups in total. The highest BCUT2D eigenvalue weighted by Gasteiger charge is 2.22. The van der Waals surface area contributed by atoms with Gasteiger partial charge >= 0.3 is 0 Å². The molecule has 150 valence electrons. The molecule has 1 aliphatic rings. The molecule has 2 heterocycles. The van der Waals surface area contributed by atoms with Crippen LogP contribution in [-0.4, -0.2) is 58.5 Å². The molecule has 0 aliphatic carbocycles. The van der Waals surface area contributed by atoms with Crippen molar-refractivity contribution in [3.05, 3.63) is 58.8 Å². The Kier molecular flexibility index (Phi) is 5.92. The molecule has 1 aliphatic heterocycles. The minimum absolute atomic E-state index is 0.00114. The summed E-state index contributed by atoms with van der Waals surface area (Å²) in [7, 11) is 0. The third-order valence-electron chi connectivity index (χ3n) is 4.94. The summed E-state index contributed by atoms with van der Waals surface area (Å²) in [5.41, 5.74) is 6.93. The van der Waals surface area contributed by atoms with Crippen molar-refractivity contribution >= 4 is 38.6 Å². The maximum atomic E-state index is 12.4. The molecular formula is C21H22BrN5O2. The van der Waals surface area contributed by atoms with Crippen molar-refractivity contribution in [1.29, 1.82) is 0 Å². The van der Waals surface area contributed by atoms with Crippen LogP contribution in [0.25, 0.3) is 10.9 Å². The fourth-order valence-electron chi connectivity index (χ4n) is 3.34. The van der Waals surface area contributed by atoms with E-state index in [-0.39, 0.29) is 12.5 Å². The Morgan fingerprint density at radius 1 is 1.03 bits per heavy atom. The standard InChI is InChI=1S/C21H22BrN5O2/c22-15-5-7-16(8-6-15)29-14-20(28)27-11-9-26(10-12-27)13-19-24-18-4-2-1-3-17(18)21(23)25-19/h1-8H,9-14H2,(H2,23,24,25). The lowest BCUT2D eigenvalue weighted by atomic mass is 10.2. The van der Waals surface area contributed by atoms with Crippen molar-refractivity contribution < 1.29 is 9.53 Å². The summed E-state index contributed by atoms with van der Waals surface area (Å²) in [5, 5.41) is 0.873. The molecule has 1 aromatic heterocycles. The first-order valence-electron chi connectivity index (χ1n) is 9.48. The lowest BCUT2D eigenvalue weighted by Gasteiger charge is -2.34. The Balaban J connectivity index is 1.29. The average molecular weight is 456 g/mol. The van der Waals surface area contributed by atoms with Gasteiger partial charge in [-0.2, -0.15) is 0 Å². The summed E-state index contributed by atoms with van der Waals surface area (Å²) in [6, 6.07) is 15.2. The summed E-state index contributed by atoms with van der Waals surface area (Å²) >= 11 is 3.38. The Bertz CT molecular complexity index is 1000. The first-order valence-corrected chi connectivity index (χ1v) is 10.3. The number of hydrogen-bond acceptors (Lipinski definition) is 6. The van der Waals surface area contributed by atoms with E-state index in [1.807, 2.05) is 53.4 Å². The zero-order chi connectivity index (χ0) is 20.2. The fraction of sp³-hybridized carbons (Fsp3) is 0.286. The molecule has 7 nitrogen and oxygen atoms in total. The van der Waals surface area contributed by atoms with Crippen molar-refractivity contribution in [2.24, 2.45) is 0 Å². The van der Waals surface area contributed by atoms with Gasteiger partial charge in [-0.3, -0.25) is 9.69 Å². The monoisotopic (exact) mass is 455 g/mol. The summed E-state index contributed by atoms with van der Waals surface area (Å²) in [6.45, 7) is 3.51. The van der Waals surface area contributed by atoms with Crippen LogP contribution in [0, 0.1) is 0 Å². The number of amides is 1. The van der Waals surface area contributed by atoms with Crippen LogP contribution < -0.4 is 10.5 Å². The topological polar surface area (TPSA) is 84.6 Å². The van der Waals surface area contributed by atoms with Crippen LogP contribution in [-0.2, 0) is 11.3 Å². The number of ether oxygens (including phenoxy) is 1. The van der Waals surface area contributed by atoms with Gasteiger partial charge in [0.2, 0.25) is 0 Å². The highest BCUT2D eigenvalue weighted by Crippen LogP contribution is 2.18. The van der Waals surface area contributed by atoms with Crippen molar-refractivity contribution in [3.63, 3.8) is 0 Å². The SMILES string of the molecule is Nc1nc(CN2CCN(C(=O)COc3ccc(Br)cc3)CC2)nc2ccccc12. The van der Waals surface area contributed by atoms with Crippen LogP contribution in [0.5, 0.6) is 5.75 Å². The fourth-order valence-corrected chi connectivity index (χ4v) is 3.61. The van der Waals surface area contributed by atoms with E-state index in [2.05, 4.69) is 30.8 Å². The number of para-hydroxylation sites is 1. The van der Waals surface area contributed by atoms with Crippen LogP contribution in [0.15, 0.2) is 53.0 Å². The number of piperazine rings is 1. The Hall–Kier alpha value is -2.71. The number of hydrogen-bond donors (Lipinski definition) is 1. The van der Waals surface area contributed by atoms with Crippen LogP contribution in [0.4, 0.5) is 5.82 Å². The van der Waals surface area contributed by atoms with Crippen molar-refractivity contribution in [1.82, 2.24) is 19.8 Å². The molecular weight excluding hydrogens is 434 g/mol. The van der Waals surface area contributed by atoms with Crippen LogP contribution in [0.1, 0.15) is 5.82 Å². The number of fused-ring (bicyclic) bond motifs is 1. The predicted octanol–water partition coefficient (Wildman–Crippen LogP) is 2.70. The highest BCUT2D eigenvalue weighted by molar-refractivity contribution is 9.10. The van der Waals surface area contributed by atoms with Gasteiger partial charge in [0.1, 0.15) is 17.4 Å². The van der Waals surface area contributed by atoms with Gasteiger partial charge in [-0.05, 0) is 36.4 Å². The number of benzene rings is 2. The molecule has 4 rings (SSSR count). The van der Waals surface area contributed by atoms with Crippen LogP contribution in [0.2, 0.25) is 0 Å². The summed E-state index contributed by atoms with van der Waals surface area (Å²) < 4.78 is 6.57. The molecule has 0 unspecified atom stereocenters. The number of nitrogens with two attached hydrogens (primary N) is 1. The number of anilines is 1. The van der Waals surface area contributed by atoms with Gasteiger partial charge in [-0.1, -0.05) is 28.1 Å². The highest BCUT2D eigenvalue weighted by atomic mass is 79.9. The largest absolute Gasteiger partial charge is 0.484 e. The maximum absolute atomic E-state index is 12.4. The van der Waals surface area contributed by atoms with Gasteiger partial charge in [0.05, 0.1) is 12.1 Å². The predicted molar refractivity (Wildman–Crippen MR) is 115 cm³/mol. The first kappa shape index (κ1) is 19.6. The second-order valence-corrected chi connectivity index (χ2v) is 7.86. The Morgan fingerprint density at radius 3 is 2.52 bits per heavy atom. The number of nitrogens with zero attached hydrogens (tertiary/aromatic N) is 4. The van der Waals surface area contributed by atoms with Crippen molar-refractivity contribution in [3.8, 4) is 5.75 Å². The third kappa shape index (κ3) is 4.83. The minimum Gasteiger partial charge on any atom is -0.484 e. The molecule has 29 heavy (non-hydrogen) atoms. The second kappa shape index (κ2) is 8.75. The van der Waals surface area contributed by atoms with E-state index in [1.54, 1.807) is 0 Å². The summed E-state index contributed by atoms with van der Waals surface area (Å²) in [5.74, 6) is 1.90. The first-order chi connectivity index (χ1) is 14.1. The molecule has 1 amide bonds. The van der Waals surface area contributed by atoms with Crippen LogP contribution in [0.3, 0.4) is 0 Å². The van der Waals surface area contributed by atoms with E-state index in [9.17, 15) is 4.79 Å². The minimum atomic E-state index is -0.00114. The number of halogens is 1. The molecule has 0 saturated carbocycles. The smallest absolute Gasteiger partial charge is 0.260 e. The number of carbonyl (C=O) groups excluding carboxylic acids is 1. The molecule has 0 atom stereocenters. The molecule has 0 radical (unpaired) electrons. The van der Waals surface area contributed by atoms with E-state index < -0.39 is 0 Å². The van der Waals surface area contributed by atoms with E-state index in [1.165, 1.54) is 0 Å². The molecule has 0 spiro atoms. The molecule has 1 fully saturated rings. The molecule has 1 saturated heterocycles. The van der Waals surface area contributed by atoms with E-state index in [0.717, 1.165) is 28.5 Å². The Morgan fingerprint density at radius 2 is 1.76 bits per heavy atom. The number of carbonyl (C=O) groups is 1. The summed E-state index contributed by atoms with van der Waals surface area (Å²) in [6.07, 6.45) is 0. The van der Waals surface area contributed by atoms with E-state index in [0.29, 0.717) is 37.0 Å². The lowest BCUT2D eigenvalue weighted by Crippen LogP contribution is -2.49. The molecule has 3 aromatic rings. The zero-order valence-corrected chi connectivity index (χ0v) is 17.5. The van der Waals surface area contributed by atoms with Gasteiger partial charge in [-0.15, -0.1) is 0 Å². The van der Waals surface area contributed by atoms with Gasteiger partial charge in [0, 0.05) is 36.0 Å². The number of rotatable bonds is 5. The van der Waals surface area contributed by atoms with Gasteiger partial charge in [-0.25, -0.2) is 9.97 Å². The molecule has 8 heteroatoms. The van der Waals surface area contributed by atoms with Gasteiger partial charge in [0.25, 0.3) is 5.91 Å². The van der Waals surface area contributed by atoms with Gasteiger partial charge < -0.3 is 15.4 Å². The second-order valence-electron chi connectivity index (χ2n) is 6.94. The van der Waals surface area contributed by atoms with Crippen molar-refractivity contribution in [2.45, 2.75) is 6.54 Å². The Labute approximate surface area is 177 Å². The lowest BCUT2D eigenvalue weighted by molar-refractivity contribution is -0.135. The number of nitrogen functional groups attached to an aromatic ring is 1. The van der Waals surface area contributed by atoms with E-state index >= 15 is 0 Å². The van der Waals surface area contributed by atoms with E-state index in [4.69, 9.17) is 10.5 Å².